The number of carbonyl (C=O) groups is 1. The van der Waals surface area contributed by atoms with Gasteiger partial charge in [-0.25, -0.2) is 4.98 Å². The number of carbonyl (C=O) groups excluding carboxylic acids is 1. The molecule has 3 saturated heterocycles. The third kappa shape index (κ3) is 5.66. The lowest BCUT2D eigenvalue weighted by Crippen LogP contribution is -2.69. The number of pyridine rings is 1. The minimum Gasteiger partial charge on any atom is -0.383 e. The van der Waals surface area contributed by atoms with Crippen molar-refractivity contribution in [1.29, 1.82) is 0 Å². The molecule has 3 fully saturated rings. The van der Waals surface area contributed by atoms with Gasteiger partial charge in [-0.3, -0.25) is 14.4 Å². The summed E-state index contributed by atoms with van der Waals surface area (Å²) in [4.78, 5) is 24.6. The van der Waals surface area contributed by atoms with Gasteiger partial charge in [0.15, 0.2) is 5.69 Å². The van der Waals surface area contributed by atoms with Gasteiger partial charge in [-0.1, -0.05) is 18.7 Å². The van der Waals surface area contributed by atoms with Gasteiger partial charge >= 0.3 is 6.18 Å². The first-order valence-corrected chi connectivity index (χ1v) is 15.2. The van der Waals surface area contributed by atoms with E-state index in [0.29, 0.717) is 63.8 Å². The van der Waals surface area contributed by atoms with Crippen molar-refractivity contribution >= 4 is 23.5 Å². The molecule has 1 amide bonds. The van der Waals surface area contributed by atoms with E-state index in [1.807, 2.05) is 27.9 Å². The summed E-state index contributed by atoms with van der Waals surface area (Å²) in [5, 5.41) is 4.53. The molecule has 0 spiro atoms. The van der Waals surface area contributed by atoms with E-state index in [9.17, 15) is 18.0 Å². The number of piperazine rings is 1. The molecule has 2 unspecified atom stereocenters. The maximum Gasteiger partial charge on any atom is 0.434 e. The normalized spacial score (nSPS) is 23.0. The summed E-state index contributed by atoms with van der Waals surface area (Å²) < 4.78 is 50.6. The summed E-state index contributed by atoms with van der Waals surface area (Å²) in [5.41, 5.74) is 2.29. The standard InChI is InChI=1S/C31H40F3N7O2/c1-4-28(42)39-14-12-37(13-15-39)26-20-40-24(26)7-5-6-23-25(40)18-27(36-30(23)31(32,33)34)38-10-8-22(9-11-38)29-21(2)19-35-41(29)16-17-43-3/h4-6,18-19,22,24,26H,1,7-17,20H2,2-3H3. The topological polar surface area (TPSA) is 70.0 Å². The average Bonchev–Trinajstić information content (AvgIpc) is 3.30. The van der Waals surface area contributed by atoms with Crippen molar-refractivity contribution in [1.82, 2.24) is 24.6 Å². The number of methoxy groups -OCH3 is 1. The van der Waals surface area contributed by atoms with E-state index in [1.54, 1.807) is 18.1 Å². The summed E-state index contributed by atoms with van der Waals surface area (Å²) in [7, 11) is 1.67. The predicted octanol–water partition coefficient (Wildman–Crippen LogP) is 3.94. The van der Waals surface area contributed by atoms with Crippen LogP contribution >= 0.6 is 0 Å². The number of fused-ring (bicyclic) bond motifs is 3. The fourth-order valence-electron chi connectivity index (χ4n) is 7.24. The Balaban J connectivity index is 1.21. The molecule has 9 nitrogen and oxygen atoms in total. The molecule has 0 radical (unpaired) electrons. The van der Waals surface area contributed by atoms with Crippen LogP contribution in [0, 0.1) is 6.92 Å². The van der Waals surface area contributed by atoms with Crippen LogP contribution in [-0.2, 0) is 22.3 Å². The Kier molecular flexibility index (Phi) is 8.25. The second-order valence-electron chi connectivity index (χ2n) is 11.9. The molecule has 232 valence electrons. The molecule has 6 heterocycles. The first-order valence-electron chi connectivity index (χ1n) is 15.2. The van der Waals surface area contributed by atoms with Gasteiger partial charge in [-0.2, -0.15) is 18.3 Å². The van der Waals surface area contributed by atoms with Crippen molar-refractivity contribution in [2.24, 2.45) is 0 Å². The van der Waals surface area contributed by atoms with E-state index in [4.69, 9.17) is 4.74 Å². The number of alkyl halides is 3. The molecule has 0 aliphatic carbocycles. The van der Waals surface area contributed by atoms with Gasteiger partial charge in [0.2, 0.25) is 5.91 Å². The fourth-order valence-corrected chi connectivity index (χ4v) is 7.24. The van der Waals surface area contributed by atoms with Crippen molar-refractivity contribution in [3.63, 3.8) is 0 Å². The average molecular weight is 600 g/mol. The van der Waals surface area contributed by atoms with Crippen LogP contribution in [0.4, 0.5) is 24.7 Å². The van der Waals surface area contributed by atoms with Crippen molar-refractivity contribution in [3.8, 4) is 0 Å². The molecule has 2 aromatic rings. The zero-order chi connectivity index (χ0) is 30.3. The smallest absolute Gasteiger partial charge is 0.383 e. The predicted molar refractivity (Wildman–Crippen MR) is 159 cm³/mol. The highest BCUT2D eigenvalue weighted by Crippen LogP contribution is 2.44. The van der Waals surface area contributed by atoms with Gasteiger partial charge in [-0.05, 0) is 37.8 Å². The number of halogens is 3. The molecular formula is C31H40F3N7O2. The Morgan fingerprint density at radius 2 is 1.88 bits per heavy atom. The second kappa shape index (κ2) is 12.0. The molecular weight excluding hydrogens is 559 g/mol. The number of ether oxygens (including phenoxy) is 1. The number of piperidine rings is 1. The Morgan fingerprint density at radius 3 is 2.56 bits per heavy atom. The molecule has 0 N–H and O–H groups in total. The van der Waals surface area contributed by atoms with Crippen LogP contribution in [0.2, 0.25) is 0 Å². The molecule has 4 aliphatic heterocycles. The van der Waals surface area contributed by atoms with Crippen molar-refractivity contribution < 1.29 is 22.7 Å². The highest BCUT2D eigenvalue weighted by atomic mass is 19.4. The Hall–Kier alpha value is -3.38. The Labute approximate surface area is 250 Å². The number of anilines is 2. The molecule has 2 aromatic heterocycles. The fraction of sp³-hybridized carbons (Fsp3) is 0.581. The lowest BCUT2D eigenvalue weighted by molar-refractivity contribution is -0.141. The van der Waals surface area contributed by atoms with Gasteiger partial charge in [0.05, 0.1) is 25.0 Å². The first-order chi connectivity index (χ1) is 20.7. The van der Waals surface area contributed by atoms with Gasteiger partial charge in [0, 0.05) is 88.2 Å². The number of aryl methyl sites for hydroxylation is 1. The van der Waals surface area contributed by atoms with E-state index >= 15 is 0 Å². The maximum atomic E-state index is 14.4. The monoisotopic (exact) mass is 599 g/mol. The zero-order valence-corrected chi connectivity index (χ0v) is 24.9. The number of rotatable bonds is 7. The van der Waals surface area contributed by atoms with Crippen molar-refractivity contribution in [3.05, 3.63) is 53.5 Å². The SMILES string of the molecule is C=CC(=O)N1CCN(C2CN3c4cc(N5CCC(c6c(C)cnn6CCOC)CC5)nc(C(F)(F)F)c4C=CCC23)CC1. The van der Waals surface area contributed by atoms with Gasteiger partial charge < -0.3 is 19.4 Å². The summed E-state index contributed by atoms with van der Waals surface area (Å²) in [6.45, 7) is 11.6. The van der Waals surface area contributed by atoms with Crippen molar-refractivity contribution in [2.75, 3.05) is 69.3 Å². The molecule has 12 heteroatoms. The number of hydrogen-bond acceptors (Lipinski definition) is 7. The van der Waals surface area contributed by atoms with Crippen LogP contribution in [0.5, 0.6) is 0 Å². The molecule has 2 atom stereocenters. The van der Waals surface area contributed by atoms with Gasteiger partial charge in [-0.15, -0.1) is 0 Å². The number of hydrogen-bond donors (Lipinski definition) is 0. The Morgan fingerprint density at radius 1 is 1.14 bits per heavy atom. The minimum atomic E-state index is -4.56. The maximum absolute atomic E-state index is 14.4. The van der Waals surface area contributed by atoms with Crippen LogP contribution in [0.25, 0.3) is 6.08 Å². The van der Waals surface area contributed by atoms with Crippen LogP contribution in [0.3, 0.4) is 0 Å². The molecule has 0 bridgehead atoms. The molecule has 43 heavy (non-hydrogen) atoms. The third-order valence-electron chi connectivity index (χ3n) is 9.55. The summed E-state index contributed by atoms with van der Waals surface area (Å²) in [6.07, 6.45) is 4.43. The molecule has 4 aliphatic rings. The highest BCUT2D eigenvalue weighted by molar-refractivity contribution is 5.87. The molecule has 6 rings (SSSR count). The summed E-state index contributed by atoms with van der Waals surface area (Å²) in [6, 6.07) is 2.18. The minimum absolute atomic E-state index is 0.0585. The van der Waals surface area contributed by atoms with Crippen LogP contribution < -0.4 is 9.80 Å². The second-order valence-corrected chi connectivity index (χ2v) is 11.9. The highest BCUT2D eigenvalue weighted by Gasteiger charge is 2.46. The first kappa shape index (κ1) is 29.7. The van der Waals surface area contributed by atoms with Crippen LogP contribution in [-0.4, -0.2) is 102 Å². The lowest BCUT2D eigenvalue weighted by Gasteiger charge is -2.55. The van der Waals surface area contributed by atoms with E-state index in [0.717, 1.165) is 31.5 Å². The van der Waals surface area contributed by atoms with E-state index < -0.39 is 11.9 Å². The van der Waals surface area contributed by atoms with Crippen LogP contribution in [0.15, 0.2) is 31.0 Å². The number of amides is 1. The van der Waals surface area contributed by atoms with E-state index in [-0.39, 0.29) is 29.5 Å². The quantitative estimate of drug-likeness (QED) is 0.447. The molecule has 0 aromatic carbocycles. The summed E-state index contributed by atoms with van der Waals surface area (Å²) >= 11 is 0. The van der Waals surface area contributed by atoms with Gasteiger partial charge in [0.1, 0.15) is 5.82 Å². The number of nitrogens with zero attached hydrogens (tertiary/aromatic N) is 7. The summed E-state index contributed by atoms with van der Waals surface area (Å²) in [5.74, 6) is 0.615. The lowest BCUT2D eigenvalue weighted by atomic mass is 9.90. The van der Waals surface area contributed by atoms with Crippen LogP contribution in [0.1, 0.15) is 47.7 Å². The zero-order valence-electron chi connectivity index (χ0n) is 24.9. The third-order valence-corrected chi connectivity index (χ3v) is 9.55. The largest absolute Gasteiger partial charge is 0.434 e. The van der Waals surface area contributed by atoms with E-state index in [1.165, 1.54) is 11.8 Å². The number of aromatic nitrogens is 3. The molecule has 0 saturated carbocycles. The van der Waals surface area contributed by atoms with Crippen molar-refractivity contribution in [2.45, 2.75) is 56.9 Å². The van der Waals surface area contributed by atoms with Gasteiger partial charge in [0.25, 0.3) is 0 Å². The Bertz CT molecular complexity index is 1370. The van der Waals surface area contributed by atoms with E-state index in [2.05, 4.69) is 33.4 Å².